The van der Waals surface area contributed by atoms with Crippen LogP contribution in [0.15, 0.2) is 23.0 Å². The van der Waals surface area contributed by atoms with Crippen LogP contribution in [0.25, 0.3) is 11.0 Å². The zero-order valence-electron chi connectivity index (χ0n) is 15.5. The molecule has 1 aromatic carbocycles. The number of rotatable bonds is 2. The minimum absolute atomic E-state index is 0.213. The zero-order chi connectivity index (χ0) is 19.1. The predicted molar refractivity (Wildman–Crippen MR) is 96.0 cm³/mol. The highest BCUT2D eigenvalue weighted by atomic mass is 16.6. The number of nitrogens with one attached hydrogen (secondary N) is 1. The second-order valence-electron chi connectivity index (χ2n) is 7.51. The largest absolute Gasteiger partial charge is 0.444 e. The van der Waals surface area contributed by atoms with Gasteiger partial charge < -0.3 is 24.5 Å². The molecule has 8 nitrogen and oxygen atoms in total. The first-order chi connectivity index (χ1) is 12.2. The molecule has 26 heavy (non-hydrogen) atoms. The van der Waals surface area contributed by atoms with E-state index in [1.807, 2.05) is 20.8 Å². The average molecular weight is 363 g/mol. The van der Waals surface area contributed by atoms with E-state index in [-0.39, 0.29) is 12.2 Å². The van der Waals surface area contributed by atoms with Crippen molar-refractivity contribution in [3.8, 4) is 0 Å². The molecule has 1 saturated heterocycles. The van der Waals surface area contributed by atoms with Crippen LogP contribution >= 0.6 is 0 Å². The number of nitrogens with zero attached hydrogens (tertiary/aromatic N) is 2. The quantitative estimate of drug-likeness (QED) is 0.844. The summed E-state index contributed by atoms with van der Waals surface area (Å²) in [6, 6.07) is 5.31. The molecule has 0 saturated carbocycles. The normalized spacial score (nSPS) is 19.6. The summed E-state index contributed by atoms with van der Waals surface area (Å²) in [6.45, 7) is 6.36. The first kappa shape index (κ1) is 18.5. The summed E-state index contributed by atoms with van der Waals surface area (Å²) in [5.74, 6) is 0. The Balaban J connectivity index is 1.83. The second-order valence-corrected chi connectivity index (χ2v) is 7.51. The van der Waals surface area contributed by atoms with Crippen LogP contribution in [0.4, 0.5) is 4.79 Å². The summed E-state index contributed by atoms with van der Waals surface area (Å²) >= 11 is 0. The molecule has 2 N–H and O–H groups in total. The van der Waals surface area contributed by atoms with Gasteiger partial charge in [0.15, 0.2) is 0 Å². The van der Waals surface area contributed by atoms with Gasteiger partial charge in [0, 0.05) is 19.2 Å². The summed E-state index contributed by atoms with van der Waals surface area (Å²) in [6.07, 6.45) is -2.01. The molecule has 1 aliphatic rings. The Morgan fingerprint density at radius 1 is 1.42 bits per heavy atom. The van der Waals surface area contributed by atoms with Gasteiger partial charge in [-0.25, -0.2) is 9.59 Å². The number of carbonyl (C=O) groups excluding carboxylic acids is 1. The fraction of sp³-hybridized carbons (Fsp3) is 0.556. The molecule has 142 valence electrons. The molecule has 0 bridgehead atoms. The van der Waals surface area contributed by atoms with Crippen LogP contribution in [-0.2, 0) is 16.5 Å². The third-order valence-corrected chi connectivity index (χ3v) is 4.36. The smallest absolute Gasteiger partial charge is 0.410 e. The molecule has 0 spiro atoms. The molecule has 2 heterocycles. The van der Waals surface area contributed by atoms with E-state index in [1.54, 1.807) is 30.1 Å². The van der Waals surface area contributed by atoms with E-state index in [1.165, 1.54) is 4.57 Å². The number of fused-ring (bicyclic) bond motifs is 1. The Morgan fingerprint density at radius 2 is 2.15 bits per heavy atom. The second kappa shape index (κ2) is 6.77. The maximum atomic E-state index is 12.3. The Hall–Kier alpha value is -2.32. The van der Waals surface area contributed by atoms with Crippen molar-refractivity contribution < 1.29 is 19.4 Å². The monoisotopic (exact) mass is 363 g/mol. The van der Waals surface area contributed by atoms with E-state index in [0.717, 1.165) is 0 Å². The minimum Gasteiger partial charge on any atom is -0.444 e. The van der Waals surface area contributed by atoms with Gasteiger partial charge in [-0.15, -0.1) is 0 Å². The van der Waals surface area contributed by atoms with Crippen molar-refractivity contribution in [2.75, 3.05) is 19.7 Å². The van der Waals surface area contributed by atoms with Gasteiger partial charge >= 0.3 is 11.8 Å². The van der Waals surface area contributed by atoms with Crippen molar-refractivity contribution in [3.63, 3.8) is 0 Å². The molecule has 1 amide bonds. The van der Waals surface area contributed by atoms with Gasteiger partial charge in [0.25, 0.3) is 0 Å². The highest BCUT2D eigenvalue weighted by Crippen LogP contribution is 2.28. The zero-order valence-corrected chi connectivity index (χ0v) is 15.5. The van der Waals surface area contributed by atoms with Gasteiger partial charge in [0.1, 0.15) is 17.8 Å². The lowest BCUT2D eigenvalue weighted by molar-refractivity contribution is -0.0905. The van der Waals surface area contributed by atoms with Crippen LogP contribution in [0, 0.1) is 0 Å². The van der Waals surface area contributed by atoms with Crippen molar-refractivity contribution in [2.24, 2.45) is 7.05 Å². The Kier molecular flexibility index (Phi) is 4.81. The number of ether oxygens (including phenoxy) is 2. The van der Waals surface area contributed by atoms with E-state index in [2.05, 4.69) is 4.98 Å². The van der Waals surface area contributed by atoms with Crippen LogP contribution in [0.5, 0.6) is 0 Å². The summed E-state index contributed by atoms with van der Waals surface area (Å²) in [7, 11) is 1.64. The van der Waals surface area contributed by atoms with Gasteiger partial charge in [0.05, 0.1) is 24.2 Å². The fourth-order valence-corrected chi connectivity index (χ4v) is 3.13. The van der Waals surface area contributed by atoms with Crippen LogP contribution < -0.4 is 5.69 Å². The van der Waals surface area contributed by atoms with E-state index >= 15 is 0 Å². The van der Waals surface area contributed by atoms with Crippen LogP contribution in [0.2, 0.25) is 0 Å². The van der Waals surface area contributed by atoms with Crippen molar-refractivity contribution in [1.29, 1.82) is 0 Å². The number of aliphatic hydroxyl groups is 1. The van der Waals surface area contributed by atoms with Crippen LogP contribution in [0.3, 0.4) is 0 Å². The number of H-pyrrole nitrogens is 1. The summed E-state index contributed by atoms with van der Waals surface area (Å²) in [5, 5.41) is 10.9. The van der Waals surface area contributed by atoms with Gasteiger partial charge in [0.2, 0.25) is 0 Å². The Bertz CT molecular complexity index is 864. The third kappa shape index (κ3) is 3.61. The number of aromatic amines is 1. The molecule has 1 aliphatic heterocycles. The van der Waals surface area contributed by atoms with Gasteiger partial charge in [-0.1, -0.05) is 12.1 Å². The number of carbonyl (C=O) groups is 1. The SMILES string of the molecule is Cn1c(=O)[nH]c2cccc(C(O)[C@H]3CN(C(=O)OC(C)(C)C)CCO3)c21. The number of benzene rings is 1. The van der Waals surface area contributed by atoms with E-state index in [0.29, 0.717) is 29.7 Å². The summed E-state index contributed by atoms with van der Waals surface area (Å²) in [4.78, 5) is 28.5. The van der Waals surface area contributed by atoms with E-state index in [4.69, 9.17) is 9.47 Å². The molecular weight excluding hydrogens is 338 g/mol. The lowest BCUT2D eigenvalue weighted by atomic mass is 10.0. The van der Waals surface area contributed by atoms with Crippen molar-refractivity contribution in [1.82, 2.24) is 14.5 Å². The first-order valence-electron chi connectivity index (χ1n) is 8.62. The van der Waals surface area contributed by atoms with Crippen molar-refractivity contribution in [2.45, 2.75) is 38.6 Å². The summed E-state index contributed by atoms with van der Waals surface area (Å²) < 4.78 is 12.6. The van der Waals surface area contributed by atoms with Crippen molar-refractivity contribution >= 4 is 17.1 Å². The molecule has 1 fully saturated rings. The van der Waals surface area contributed by atoms with Gasteiger partial charge in [-0.3, -0.25) is 4.57 Å². The number of para-hydroxylation sites is 1. The highest BCUT2D eigenvalue weighted by Gasteiger charge is 2.33. The number of morpholine rings is 1. The number of imidazole rings is 1. The molecular formula is C18H25N3O5. The average Bonchev–Trinajstić information content (AvgIpc) is 2.87. The Labute approximate surface area is 151 Å². The Morgan fingerprint density at radius 3 is 2.85 bits per heavy atom. The number of hydrogen-bond donors (Lipinski definition) is 2. The molecule has 2 atom stereocenters. The highest BCUT2D eigenvalue weighted by molar-refractivity contribution is 5.79. The molecule has 2 aromatic rings. The number of aliphatic hydroxyl groups excluding tert-OH is 1. The number of hydrogen-bond acceptors (Lipinski definition) is 5. The molecule has 3 rings (SSSR count). The molecule has 1 unspecified atom stereocenters. The predicted octanol–water partition coefficient (Wildman–Crippen LogP) is 1.54. The maximum absolute atomic E-state index is 12.3. The minimum atomic E-state index is -0.981. The third-order valence-electron chi connectivity index (χ3n) is 4.36. The van der Waals surface area contributed by atoms with Gasteiger partial charge in [-0.2, -0.15) is 0 Å². The van der Waals surface area contributed by atoms with Crippen LogP contribution in [-0.4, -0.2) is 57.1 Å². The van der Waals surface area contributed by atoms with Crippen molar-refractivity contribution in [3.05, 3.63) is 34.2 Å². The fourth-order valence-electron chi connectivity index (χ4n) is 3.13. The van der Waals surface area contributed by atoms with Gasteiger partial charge in [-0.05, 0) is 26.8 Å². The molecule has 1 aromatic heterocycles. The lowest BCUT2D eigenvalue weighted by Crippen LogP contribution is -2.49. The number of amides is 1. The maximum Gasteiger partial charge on any atom is 0.410 e. The van der Waals surface area contributed by atoms with E-state index < -0.39 is 23.9 Å². The molecule has 0 radical (unpaired) electrons. The van der Waals surface area contributed by atoms with E-state index in [9.17, 15) is 14.7 Å². The number of aryl methyl sites for hydroxylation is 1. The molecule has 0 aliphatic carbocycles. The first-order valence-corrected chi connectivity index (χ1v) is 8.62. The topological polar surface area (TPSA) is 96.8 Å². The lowest BCUT2D eigenvalue weighted by Gasteiger charge is -2.36. The molecule has 8 heteroatoms. The standard InChI is InChI=1S/C18H25N3O5/c1-18(2,3)26-17(24)21-8-9-25-13(10-21)15(22)11-6-5-7-12-14(11)20(4)16(23)19-12/h5-7,13,15,22H,8-10H2,1-4H3,(H,19,23)/t13-,15?/m1/s1. The van der Waals surface area contributed by atoms with Crippen LogP contribution in [0.1, 0.15) is 32.4 Å². The summed E-state index contributed by atoms with van der Waals surface area (Å²) in [5.41, 5.74) is 1.02. The number of aromatic nitrogens is 2.